The van der Waals surface area contributed by atoms with E-state index in [2.05, 4.69) is 5.32 Å². The van der Waals surface area contributed by atoms with Crippen LogP contribution in [-0.2, 0) is 14.3 Å². The number of benzene rings is 1. The molecule has 6 heteroatoms. The van der Waals surface area contributed by atoms with Crippen LogP contribution in [0.25, 0.3) is 0 Å². The SMILES string of the molecule is O=C(COC(=O)COc1ccccc1Cl)NCC1CCCCC1. The summed E-state index contributed by atoms with van der Waals surface area (Å²) in [5, 5.41) is 3.23. The van der Waals surface area contributed by atoms with Gasteiger partial charge in [0.25, 0.3) is 5.91 Å². The highest BCUT2D eigenvalue weighted by atomic mass is 35.5. The second-order valence-electron chi connectivity index (χ2n) is 5.69. The predicted octanol–water partition coefficient (Wildman–Crippen LogP) is 2.96. The van der Waals surface area contributed by atoms with Crippen LogP contribution in [0.4, 0.5) is 0 Å². The summed E-state index contributed by atoms with van der Waals surface area (Å²) < 4.78 is 10.1. The van der Waals surface area contributed by atoms with Crippen LogP contribution in [0.15, 0.2) is 24.3 Å². The minimum absolute atomic E-state index is 0.276. The first-order valence-electron chi connectivity index (χ1n) is 7.95. The lowest BCUT2D eigenvalue weighted by molar-refractivity contribution is -0.150. The van der Waals surface area contributed by atoms with Crippen molar-refractivity contribution in [2.75, 3.05) is 19.8 Å². The Hall–Kier alpha value is -1.75. The van der Waals surface area contributed by atoms with Gasteiger partial charge in [-0.2, -0.15) is 0 Å². The van der Waals surface area contributed by atoms with Crippen LogP contribution in [0.2, 0.25) is 5.02 Å². The first kappa shape index (κ1) is 17.6. The Balaban J connectivity index is 1.60. The number of amides is 1. The van der Waals surface area contributed by atoms with Gasteiger partial charge in [0.05, 0.1) is 5.02 Å². The van der Waals surface area contributed by atoms with E-state index >= 15 is 0 Å². The van der Waals surface area contributed by atoms with Crippen LogP contribution in [0, 0.1) is 5.92 Å². The van der Waals surface area contributed by atoms with Gasteiger partial charge in [-0.25, -0.2) is 4.79 Å². The first-order chi connectivity index (χ1) is 11.1. The molecule has 1 fully saturated rings. The summed E-state index contributed by atoms with van der Waals surface area (Å²) in [6, 6.07) is 6.85. The largest absolute Gasteiger partial charge is 0.480 e. The fourth-order valence-electron chi connectivity index (χ4n) is 2.59. The number of rotatable bonds is 7. The van der Waals surface area contributed by atoms with Crippen LogP contribution < -0.4 is 10.1 Å². The second-order valence-corrected chi connectivity index (χ2v) is 6.10. The lowest BCUT2D eigenvalue weighted by Crippen LogP contribution is -2.34. The fraction of sp³-hybridized carbons (Fsp3) is 0.529. The van der Waals surface area contributed by atoms with Crippen molar-refractivity contribution in [3.63, 3.8) is 0 Å². The highest BCUT2D eigenvalue weighted by Crippen LogP contribution is 2.23. The molecule has 0 atom stereocenters. The molecule has 0 spiro atoms. The van der Waals surface area contributed by atoms with E-state index in [-0.39, 0.29) is 19.1 Å². The Bertz CT molecular complexity index is 529. The minimum Gasteiger partial charge on any atom is -0.480 e. The van der Waals surface area contributed by atoms with Crippen molar-refractivity contribution in [1.29, 1.82) is 0 Å². The van der Waals surface area contributed by atoms with Gasteiger partial charge in [-0.3, -0.25) is 4.79 Å². The molecule has 5 nitrogen and oxygen atoms in total. The normalized spacial score (nSPS) is 15.0. The highest BCUT2D eigenvalue weighted by molar-refractivity contribution is 6.32. The zero-order valence-electron chi connectivity index (χ0n) is 13.1. The maximum absolute atomic E-state index is 11.7. The van der Waals surface area contributed by atoms with Gasteiger partial charge in [-0.1, -0.05) is 43.0 Å². The molecule has 0 radical (unpaired) electrons. The molecule has 0 saturated heterocycles. The summed E-state index contributed by atoms with van der Waals surface area (Å²) in [4.78, 5) is 23.2. The first-order valence-corrected chi connectivity index (χ1v) is 8.32. The number of carbonyl (C=O) groups is 2. The number of esters is 1. The molecule has 0 heterocycles. The van der Waals surface area contributed by atoms with E-state index in [1.165, 1.54) is 19.3 Å². The lowest BCUT2D eigenvalue weighted by Gasteiger charge is -2.21. The van der Waals surface area contributed by atoms with Crippen LogP contribution in [0.5, 0.6) is 5.75 Å². The zero-order chi connectivity index (χ0) is 16.5. The molecule has 1 aliphatic rings. The van der Waals surface area contributed by atoms with Crippen molar-refractivity contribution in [3.8, 4) is 5.75 Å². The van der Waals surface area contributed by atoms with Crippen molar-refractivity contribution in [2.24, 2.45) is 5.92 Å². The Kier molecular flexibility index (Phi) is 7.20. The minimum atomic E-state index is -0.599. The van der Waals surface area contributed by atoms with E-state index in [9.17, 15) is 9.59 Å². The maximum Gasteiger partial charge on any atom is 0.344 e. The fourth-order valence-corrected chi connectivity index (χ4v) is 2.78. The van der Waals surface area contributed by atoms with E-state index in [0.29, 0.717) is 23.2 Å². The Labute approximate surface area is 141 Å². The van der Waals surface area contributed by atoms with Gasteiger partial charge in [-0.15, -0.1) is 0 Å². The summed E-state index contributed by atoms with van der Waals surface area (Å²) >= 11 is 5.91. The third kappa shape index (κ3) is 6.48. The molecule has 2 rings (SSSR count). The smallest absolute Gasteiger partial charge is 0.344 e. The number of ether oxygens (including phenoxy) is 2. The van der Waals surface area contributed by atoms with Gasteiger partial charge >= 0.3 is 5.97 Å². The summed E-state index contributed by atoms with van der Waals surface area (Å²) in [5.74, 6) is 0.0826. The topological polar surface area (TPSA) is 64.6 Å². The van der Waals surface area contributed by atoms with Crippen molar-refractivity contribution in [2.45, 2.75) is 32.1 Å². The van der Waals surface area contributed by atoms with Crippen molar-refractivity contribution in [3.05, 3.63) is 29.3 Å². The number of halogens is 1. The molecule has 1 amide bonds. The summed E-state index contributed by atoms with van der Waals surface area (Å²) in [7, 11) is 0. The molecule has 0 bridgehead atoms. The van der Waals surface area contributed by atoms with Crippen LogP contribution in [0.3, 0.4) is 0 Å². The average Bonchev–Trinajstić information content (AvgIpc) is 2.58. The number of carbonyl (C=O) groups excluding carboxylic acids is 2. The van der Waals surface area contributed by atoms with Crippen molar-refractivity contribution >= 4 is 23.5 Å². The van der Waals surface area contributed by atoms with E-state index in [1.54, 1.807) is 24.3 Å². The summed E-state index contributed by atoms with van der Waals surface area (Å²) in [5.41, 5.74) is 0. The monoisotopic (exact) mass is 339 g/mol. The molecule has 1 aromatic carbocycles. The van der Waals surface area contributed by atoms with Gasteiger partial charge in [0.1, 0.15) is 5.75 Å². The molecule has 0 aromatic heterocycles. The van der Waals surface area contributed by atoms with Crippen molar-refractivity contribution < 1.29 is 19.1 Å². The van der Waals surface area contributed by atoms with Gasteiger partial charge in [0, 0.05) is 6.54 Å². The average molecular weight is 340 g/mol. The van der Waals surface area contributed by atoms with Crippen LogP contribution in [0.1, 0.15) is 32.1 Å². The van der Waals surface area contributed by atoms with Gasteiger partial charge in [0.2, 0.25) is 0 Å². The molecule has 1 N–H and O–H groups in total. The molecular formula is C17H22ClNO4. The molecule has 1 saturated carbocycles. The maximum atomic E-state index is 11.7. The molecule has 1 aliphatic carbocycles. The lowest BCUT2D eigenvalue weighted by atomic mass is 9.89. The zero-order valence-corrected chi connectivity index (χ0v) is 13.8. The Morgan fingerprint density at radius 2 is 1.87 bits per heavy atom. The van der Waals surface area contributed by atoms with Gasteiger partial charge in [0.15, 0.2) is 13.2 Å². The molecule has 0 aliphatic heterocycles. The number of hydrogen-bond acceptors (Lipinski definition) is 4. The molecule has 23 heavy (non-hydrogen) atoms. The van der Waals surface area contributed by atoms with Gasteiger partial charge in [-0.05, 0) is 30.9 Å². The van der Waals surface area contributed by atoms with Crippen LogP contribution >= 0.6 is 11.6 Å². The second kappa shape index (κ2) is 9.40. The van der Waals surface area contributed by atoms with Gasteiger partial charge < -0.3 is 14.8 Å². The summed E-state index contributed by atoms with van der Waals surface area (Å²) in [6.07, 6.45) is 6.06. The van der Waals surface area contributed by atoms with Crippen molar-refractivity contribution in [1.82, 2.24) is 5.32 Å². The third-order valence-corrected chi connectivity index (χ3v) is 4.17. The van der Waals surface area contributed by atoms with Crippen LogP contribution in [-0.4, -0.2) is 31.6 Å². The number of hydrogen-bond donors (Lipinski definition) is 1. The standard InChI is InChI=1S/C17H22ClNO4/c18-14-8-4-5-9-15(14)22-12-17(21)23-11-16(20)19-10-13-6-2-1-3-7-13/h4-5,8-9,13H,1-3,6-7,10-12H2,(H,19,20). The number of para-hydroxylation sites is 1. The Morgan fingerprint density at radius 1 is 1.13 bits per heavy atom. The predicted molar refractivity (Wildman–Crippen MR) is 87.5 cm³/mol. The highest BCUT2D eigenvalue weighted by Gasteiger charge is 2.15. The van der Waals surface area contributed by atoms with E-state index in [1.807, 2.05) is 0 Å². The van der Waals surface area contributed by atoms with E-state index < -0.39 is 5.97 Å². The van der Waals surface area contributed by atoms with E-state index in [4.69, 9.17) is 21.1 Å². The number of nitrogens with one attached hydrogen (secondary N) is 1. The van der Waals surface area contributed by atoms with E-state index in [0.717, 1.165) is 12.8 Å². The quantitative estimate of drug-likeness (QED) is 0.776. The Morgan fingerprint density at radius 3 is 2.61 bits per heavy atom. The summed E-state index contributed by atoms with van der Waals surface area (Å²) in [6.45, 7) is 0.101. The molecule has 0 unspecified atom stereocenters. The molecular weight excluding hydrogens is 318 g/mol. The molecule has 126 valence electrons. The molecule has 1 aromatic rings. The third-order valence-electron chi connectivity index (χ3n) is 3.86.